The highest BCUT2D eigenvalue weighted by Crippen LogP contribution is 2.52. The highest BCUT2D eigenvalue weighted by molar-refractivity contribution is 5.02. The molecule has 25 heavy (non-hydrogen) atoms. The first-order chi connectivity index (χ1) is 12.1. The number of unbranched alkanes of at least 4 members (excludes halogenated alkanes) is 3. The lowest BCUT2D eigenvalue weighted by molar-refractivity contribution is 0.0467. The van der Waals surface area contributed by atoms with Crippen LogP contribution in [0.25, 0.3) is 0 Å². The van der Waals surface area contributed by atoms with Crippen LogP contribution in [0.3, 0.4) is 0 Å². The van der Waals surface area contributed by atoms with E-state index in [0.29, 0.717) is 0 Å². The maximum atomic E-state index is 9.46. The minimum Gasteiger partial charge on any atom is -0.198 e. The molecule has 4 unspecified atom stereocenters. The van der Waals surface area contributed by atoms with Crippen LogP contribution < -0.4 is 0 Å². The predicted octanol–water partition coefficient (Wildman–Crippen LogP) is 7.51. The van der Waals surface area contributed by atoms with Gasteiger partial charge in [0.25, 0.3) is 0 Å². The average Bonchev–Trinajstić information content (AvgIpc) is 2.65. The second-order valence-corrected chi connectivity index (χ2v) is 10.1. The highest BCUT2D eigenvalue weighted by Gasteiger charge is 2.42. The Balaban J connectivity index is 1.40. The van der Waals surface area contributed by atoms with Gasteiger partial charge in [-0.05, 0) is 87.9 Å². The molecular weight excluding hydrogens is 302 g/mol. The molecule has 0 aromatic rings. The smallest absolute Gasteiger partial charge is 0.0686 e. The van der Waals surface area contributed by atoms with Crippen LogP contribution in [0.4, 0.5) is 0 Å². The van der Waals surface area contributed by atoms with E-state index in [-0.39, 0.29) is 5.41 Å². The number of fused-ring (bicyclic) bond motifs is 1. The van der Waals surface area contributed by atoms with Gasteiger partial charge in [-0.2, -0.15) is 5.26 Å². The predicted molar refractivity (Wildman–Crippen MR) is 106 cm³/mol. The van der Waals surface area contributed by atoms with Crippen molar-refractivity contribution in [1.29, 1.82) is 5.26 Å². The molecular formula is C24H41N. The van der Waals surface area contributed by atoms with E-state index in [1.165, 1.54) is 89.9 Å². The molecule has 0 aliphatic heterocycles. The molecule has 4 atom stereocenters. The molecule has 0 aromatic heterocycles. The molecule has 1 heteroatoms. The van der Waals surface area contributed by atoms with Gasteiger partial charge >= 0.3 is 0 Å². The topological polar surface area (TPSA) is 23.8 Å². The van der Waals surface area contributed by atoms with E-state index >= 15 is 0 Å². The van der Waals surface area contributed by atoms with Gasteiger partial charge in [-0.1, -0.05) is 51.9 Å². The number of hydrogen-bond acceptors (Lipinski definition) is 1. The van der Waals surface area contributed by atoms with Gasteiger partial charge in [0.1, 0.15) is 0 Å². The highest BCUT2D eigenvalue weighted by atomic mass is 14.5. The summed E-state index contributed by atoms with van der Waals surface area (Å²) in [5.41, 5.74) is -0.0101. The van der Waals surface area contributed by atoms with Crippen molar-refractivity contribution in [2.24, 2.45) is 35.0 Å². The standard InChI is InChI=1S/C24H41N/c1-3-4-5-6-7-19-8-10-20(11-9-19)21-12-13-23-17-24(2,18-25)15-14-22(23)16-21/h19-23H,3-17H2,1-2H3. The minimum atomic E-state index is -0.0101. The van der Waals surface area contributed by atoms with Crippen molar-refractivity contribution in [2.45, 2.75) is 110 Å². The van der Waals surface area contributed by atoms with E-state index in [2.05, 4.69) is 19.9 Å². The van der Waals surface area contributed by atoms with E-state index < -0.39 is 0 Å². The molecule has 0 bridgehead atoms. The molecule has 0 amide bonds. The van der Waals surface area contributed by atoms with Crippen LogP contribution in [0.2, 0.25) is 0 Å². The first kappa shape index (κ1) is 19.3. The normalized spacial score (nSPS) is 41.7. The van der Waals surface area contributed by atoms with Gasteiger partial charge < -0.3 is 0 Å². The van der Waals surface area contributed by atoms with Crippen LogP contribution >= 0.6 is 0 Å². The molecule has 3 aliphatic carbocycles. The zero-order valence-electron chi connectivity index (χ0n) is 16.9. The van der Waals surface area contributed by atoms with Gasteiger partial charge in [0.05, 0.1) is 11.5 Å². The van der Waals surface area contributed by atoms with Gasteiger partial charge in [0.2, 0.25) is 0 Å². The summed E-state index contributed by atoms with van der Waals surface area (Å²) in [4.78, 5) is 0. The molecule has 0 saturated heterocycles. The summed E-state index contributed by atoms with van der Waals surface area (Å²) in [6.07, 6.45) is 21.4. The van der Waals surface area contributed by atoms with Gasteiger partial charge in [-0.3, -0.25) is 0 Å². The lowest BCUT2D eigenvalue weighted by Crippen LogP contribution is -2.37. The lowest BCUT2D eigenvalue weighted by atomic mass is 9.58. The third-order valence-electron chi connectivity index (χ3n) is 8.25. The Kier molecular flexibility index (Phi) is 6.87. The summed E-state index contributed by atoms with van der Waals surface area (Å²) >= 11 is 0. The average molecular weight is 344 g/mol. The minimum absolute atomic E-state index is 0.0101. The summed E-state index contributed by atoms with van der Waals surface area (Å²) in [7, 11) is 0. The van der Waals surface area contributed by atoms with Crippen molar-refractivity contribution in [2.75, 3.05) is 0 Å². The molecule has 0 radical (unpaired) electrons. The van der Waals surface area contributed by atoms with Crippen molar-refractivity contribution in [3.05, 3.63) is 0 Å². The van der Waals surface area contributed by atoms with E-state index in [9.17, 15) is 5.26 Å². The molecule has 0 N–H and O–H groups in total. The van der Waals surface area contributed by atoms with Crippen LogP contribution in [0.15, 0.2) is 0 Å². The first-order valence-electron chi connectivity index (χ1n) is 11.5. The Morgan fingerprint density at radius 1 is 0.840 bits per heavy atom. The molecule has 3 rings (SSSR count). The Morgan fingerprint density at radius 2 is 1.52 bits per heavy atom. The third-order valence-corrected chi connectivity index (χ3v) is 8.25. The van der Waals surface area contributed by atoms with Crippen LogP contribution in [-0.2, 0) is 0 Å². The largest absolute Gasteiger partial charge is 0.198 e. The summed E-state index contributed by atoms with van der Waals surface area (Å²) in [5.74, 6) is 4.93. The molecule has 3 aliphatic rings. The maximum Gasteiger partial charge on any atom is 0.0686 e. The Bertz CT molecular complexity index is 442. The van der Waals surface area contributed by atoms with E-state index in [0.717, 1.165) is 36.0 Å². The summed E-state index contributed by atoms with van der Waals surface area (Å²) in [6, 6.07) is 2.62. The number of nitriles is 1. The van der Waals surface area contributed by atoms with Gasteiger partial charge in [0.15, 0.2) is 0 Å². The van der Waals surface area contributed by atoms with Gasteiger partial charge in [-0.25, -0.2) is 0 Å². The van der Waals surface area contributed by atoms with Crippen LogP contribution in [0.5, 0.6) is 0 Å². The van der Waals surface area contributed by atoms with Crippen molar-refractivity contribution in [3.8, 4) is 6.07 Å². The third kappa shape index (κ3) is 5.02. The molecule has 0 spiro atoms. The fourth-order valence-corrected chi connectivity index (χ4v) is 6.51. The quantitative estimate of drug-likeness (QED) is 0.458. The summed E-state index contributed by atoms with van der Waals surface area (Å²) in [6.45, 7) is 4.52. The van der Waals surface area contributed by atoms with Crippen LogP contribution in [0, 0.1) is 46.3 Å². The first-order valence-corrected chi connectivity index (χ1v) is 11.5. The second-order valence-electron chi connectivity index (χ2n) is 10.1. The van der Waals surface area contributed by atoms with Crippen molar-refractivity contribution in [3.63, 3.8) is 0 Å². The molecule has 0 heterocycles. The van der Waals surface area contributed by atoms with Gasteiger partial charge in [-0.15, -0.1) is 0 Å². The summed E-state index contributed by atoms with van der Waals surface area (Å²) in [5, 5.41) is 9.46. The van der Waals surface area contributed by atoms with E-state index in [4.69, 9.17) is 0 Å². The van der Waals surface area contributed by atoms with E-state index in [1.807, 2.05) is 0 Å². The van der Waals surface area contributed by atoms with Crippen molar-refractivity contribution in [1.82, 2.24) is 0 Å². The fourth-order valence-electron chi connectivity index (χ4n) is 6.51. The zero-order chi connectivity index (χ0) is 17.7. The number of rotatable bonds is 6. The van der Waals surface area contributed by atoms with Crippen LogP contribution in [0.1, 0.15) is 110 Å². The molecule has 0 aromatic carbocycles. The number of nitrogens with zero attached hydrogens (tertiary/aromatic N) is 1. The maximum absolute atomic E-state index is 9.46. The van der Waals surface area contributed by atoms with Gasteiger partial charge in [0, 0.05) is 0 Å². The summed E-state index contributed by atoms with van der Waals surface area (Å²) < 4.78 is 0. The zero-order valence-corrected chi connectivity index (χ0v) is 16.9. The Labute approximate surface area is 157 Å². The Morgan fingerprint density at radius 3 is 2.24 bits per heavy atom. The number of hydrogen-bond donors (Lipinski definition) is 0. The van der Waals surface area contributed by atoms with Crippen molar-refractivity contribution >= 4 is 0 Å². The molecule has 3 saturated carbocycles. The SMILES string of the molecule is CCCCCCC1CCC(C2CCC3CC(C)(C#N)CCC3C2)CC1. The lowest BCUT2D eigenvalue weighted by Gasteiger charge is -2.46. The molecule has 1 nitrogen and oxygen atoms in total. The van der Waals surface area contributed by atoms with Crippen molar-refractivity contribution < 1.29 is 0 Å². The monoisotopic (exact) mass is 343 g/mol. The Hall–Kier alpha value is -0.510. The molecule has 142 valence electrons. The molecule has 3 fully saturated rings. The van der Waals surface area contributed by atoms with Crippen LogP contribution in [-0.4, -0.2) is 0 Å². The second kappa shape index (κ2) is 8.92. The van der Waals surface area contributed by atoms with E-state index in [1.54, 1.807) is 0 Å². The fraction of sp³-hybridized carbons (Fsp3) is 0.958.